The number of rotatable bonds is 4. The molecular weight excluding hydrogens is 649 g/mol. The second kappa shape index (κ2) is 10.9. The lowest BCUT2D eigenvalue weighted by molar-refractivity contribution is 0.623. The van der Waals surface area contributed by atoms with E-state index < -0.39 is 0 Å². The highest BCUT2D eigenvalue weighted by Crippen LogP contribution is 2.44. The molecule has 0 saturated carbocycles. The van der Waals surface area contributed by atoms with Crippen LogP contribution in [0.15, 0.2) is 154 Å². The molecule has 0 bridgehead atoms. The van der Waals surface area contributed by atoms with E-state index in [-0.39, 0.29) is 0 Å². The maximum Gasteiger partial charge on any atom is 0.227 e. The van der Waals surface area contributed by atoms with Crippen LogP contribution in [0.2, 0.25) is 0 Å². The van der Waals surface area contributed by atoms with Crippen LogP contribution in [-0.2, 0) is 0 Å². The summed E-state index contributed by atoms with van der Waals surface area (Å²) < 4.78 is 15.3. The molecule has 0 saturated heterocycles. The summed E-state index contributed by atoms with van der Waals surface area (Å²) in [6, 6.07) is 49.4. The predicted octanol–water partition coefficient (Wildman–Crippen LogP) is 12.1. The first kappa shape index (κ1) is 28.2. The van der Waals surface area contributed by atoms with Crippen molar-refractivity contribution in [3.8, 4) is 45.6 Å². The summed E-state index contributed by atoms with van der Waals surface area (Å²) >= 11 is 1.76. The number of furan rings is 1. The van der Waals surface area contributed by atoms with Gasteiger partial charge >= 0.3 is 0 Å². The summed E-state index contributed by atoms with van der Waals surface area (Å²) in [7, 11) is 0. The standard InChI is InChI=1S/C44H24N4O2S/c1-3-10-26(11-4-1)41-46-42(48-43(47-41)31-16-9-15-30-29-14-7-8-17-34(29)49-39(30)31)28-19-18-25-20-22-35-37(32(25)24-28)38-36(51-35)23-21-33-40(38)50-44(45-33)27-12-5-2-6-13-27/h1-24H. The fraction of sp³-hybridized carbons (Fsp3) is 0. The quantitative estimate of drug-likeness (QED) is 0.185. The van der Waals surface area contributed by atoms with Crippen LogP contribution in [0.25, 0.3) is 110 Å². The fourth-order valence-electron chi connectivity index (χ4n) is 7.17. The van der Waals surface area contributed by atoms with Crippen molar-refractivity contribution >= 4 is 75.3 Å². The summed E-state index contributed by atoms with van der Waals surface area (Å²) in [5.41, 5.74) is 6.79. The second-order valence-electron chi connectivity index (χ2n) is 12.6. The van der Waals surface area contributed by atoms with E-state index >= 15 is 0 Å². The van der Waals surface area contributed by atoms with E-state index in [0.717, 1.165) is 81.5 Å². The Labute approximate surface area is 294 Å². The van der Waals surface area contributed by atoms with Gasteiger partial charge in [0.2, 0.25) is 5.89 Å². The lowest BCUT2D eigenvalue weighted by Crippen LogP contribution is -2.00. The number of aromatic nitrogens is 4. The molecule has 0 aliphatic rings. The monoisotopic (exact) mass is 672 g/mol. The Morgan fingerprint density at radius 3 is 1.98 bits per heavy atom. The van der Waals surface area contributed by atoms with Crippen LogP contribution < -0.4 is 0 Å². The number of benzene rings is 7. The van der Waals surface area contributed by atoms with Crippen LogP contribution in [-0.4, -0.2) is 19.9 Å². The van der Waals surface area contributed by atoms with Gasteiger partial charge in [0.15, 0.2) is 23.1 Å². The lowest BCUT2D eigenvalue weighted by atomic mass is 10.0. The zero-order valence-electron chi connectivity index (χ0n) is 26.9. The van der Waals surface area contributed by atoms with Crippen LogP contribution in [0.1, 0.15) is 0 Å². The number of oxazole rings is 1. The molecule has 7 heteroatoms. The van der Waals surface area contributed by atoms with Crippen molar-refractivity contribution in [2.45, 2.75) is 0 Å². The average Bonchev–Trinajstić information content (AvgIpc) is 3.91. The molecule has 0 radical (unpaired) electrons. The molecular formula is C44H24N4O2S. The maximum atomic E-state index is 6.54. The topological polar surface area (TPSA) is 77.8 Å². The molecule has 238 valence electrons. The summed E-state index contributed by atoms with van der Waals surface area (Å²) in [6.45, 7) is 0. The first-order valence-electron chi connectivity index (χ1n) is 16.7. The van der Waals surface area contributed by atoms with Gasteiger partial charge in [0.1, 0.15) is 16.7 Å². The van der Waals surface area contributed by atoms with Crippen molar-refractivity contribution in [2.75, 3.05) is 0 Å². The molecule has 11 rings (SSSR count). The summed E-state index contributed by atoms with van der Waals surface area (Å²) in [5, 5.41) is 6.52. The SMILES string of the molecule is c1ccc(-c2nc(-c3ccc4ccc5sc6ccc7nc(-c8ccccc8)oc7c6c5c4c3)nc(-c3cccc4c3oc3ccccc34)n2)cc1. The van der Waals surface area contributed by atoms with Gasteiger partial charge in [0.05, 0.1) is 5.56 Å². The fourth-order valence-corrected chi connectivity index (χ4v) is 8.29. The minimum absolute atomic E-state index is 0.555. The van der Waals surface area contributed by atoms with E-state index in [1.165, 1.54) is 4.70 Å². The first-order chi connectivity index (χ1) is 25.2. The van der Waals surface area contributed by atoms with Crippen molar-refractivity contribution < 1.29 is 8.83 Å². The molecule has 0 unspecified atom stereocenters. The van der Waals surface area contributed by atoms with Crippen molar-refractivity contribution in [1.29, 1.82) is 0 Å². The molecule has 6 nitrogen and oxygen atoms in total. The largest absolute Gasteiger partial charge is 0.455 e. The summed E-state index contributed by atoms with van der Waals surface area (Å²) in [4.78, 5) is 20.1. The van der Waals surface area contributed by atoms with Crippen LogP contribution in [0, 0.1) is 0 Å². The van der Waals surface area contributed by atoms with Crippen molar-refractivity contribution in [3.05, 3.63) is 146 Å². The Morgan fingerprint density at radius 1 is 0.431 bits per heavy atom. The zero-order valence-corrected chi connectivity index (χ0v) is 27.7. The van der Waals surface area contributed by atoms with Gasteiger partial charge in [-0.3, -0.25) is 0 Å². The van der Waals surface area contributed by atoms with Crippen LogP contribution >= 0.6 is 11.3 Å². The number of thiophene rings is 1. The summed E-state index contributed by atoms with van der Waals surface area (Å²) in [6.07, 6.45) is 0. The first-order valence-corrected chi connectivity index (χ1v) is 17.5. The lowest BCUT2D eigenvalue weighted by Gasteiger charge is -2.10. The normalized spacial score (nSPS) is 11.9. The van der Waals surface area contributed by atoms with Crippen LogP contribution in [0.5, 0.6) is 0 Å². The molecule has 0 spiro atoms. The molecule has 7 aromatic carbocycles. The van der Waals surface area contributed by atoms with Gasteiger partial charge in [-0.2, -0.15) is 0 Å². The number of fused-ring (bicyclic) bond motifs is 10. The molecule has 0 aliphatic heterocycles. The highest BCUT2D eigenvalue weighted by Gasteiger charge is 2.20. The van der Waals surface area contributed by atoms with E-state index in [0.29, 0.717) is 23.4 Å². The Balaban J connectivity index is 1.15. The van der Waals surface area contributed by atoms with E-state index in [1.54, 1.807) is 11.3 Å². The van der Waals surface area contributed by atoms with Crippen LogP contribution in [0.3, 0.4) is 0 Å². The molecule has 0 amide bonds. The van der Waals surface area contributed by atoms with E-state index in [2.05, 4.69) is 54.6 Å². The third kappa shape index (κ3) is 4.42. The van der Waals surface area contributed by atoms with Crippen molar-refractivity contribution in [2.24, 2.45) is 0 Å². The Kier molecular flexibility index (Phi) is 6.02. The highest BCUT2D eigenvalue weighted by molar-refractivity contribution is 7.26. The van der Waals surface area contributed by atoms with Gasteiger partial charge in [-0.1, -0.05) is 97.1 Å². The maximum absolute atomic E-state index is 6.54. The molecule has 0 fully saturated rings. The summed E-state index contributed by atoms with van der Waals surface area (Å²) in [5.74, 6) is 2.35. The van der Waals surface area contributed by atoms with Crippen LogP contribution in [0.4, 0.5) is 0 Å². The third-order valence-corrected chi connectivity index (χ3v) is 10.7. The van der Waals surface area contributed by atoms with Crippen molar-refractivity contribution in [1.82, 2.24) is 19.9 Å². The number of hydrogen-bond acceptors (Lipinski definition) is 7. The van der Waals surface area contributed by atoms with Gasteiger partial charge in [-0.05, 0) is 59.3 Å². The Bertz CT molecular complexity index is 3150. The molecule has 4 heterocycles. The third-order valence-electron chi connectivity index (χ3n) is 9.56. The Hall–Kier alpha value is -6.70. The van der Waals surface area contributed by atoms with Gasteiger partial charge in [-0.25, -0.2) is 19.9 Å². The number of hydrogen-bond donors (Lipinski definition) is 0. The molecule has 51 heavy (non-hydrogen) atoms. The number of nitrogens with zero attached hydrogens (tertiary/aromatic N) is 4. The molecule has 0 N–H and O–H groups in total. The molecule has 4 aromatic heterocycles. The second-order valence-corrected chi connectivity index (χ2v) is 13.7. The average molecular weight is 673 g/mol. The van der Waals surface area contributed by atoms with Gasteiger partial charge in [0, 0.05) is 47.6 Å². The Morgan fingerprint density at radius 2 is 1.12 bits per heavy atom. The van der Waals surface area contributed by atoms with E-state index in [9.17, 15) is 0 Å². The highest BCUT2D eigenvalue weighted by atomic mass is 32.1. The van der Waals surface area contributed by atoms with Crippen molar-refractivity contribution in [3.63, 3.8) is 0 Å². The van der Waals surface area contributed by atoms with Gasteiger partial charge in [-0.15, -0.1) is 11.3 Å². The smallest absolute Gasteiger partial charge is 0.227 e. The molecule has 11 aromatic rings. The minimum Gasteiger partial charge on any atom is -0.455 e. The minimum atomic E-state index is 0.555. The number of para-hydroxylation sites is 2. The van der Waals surface area contributed by atoms with Gasteiger partial charge in [0.25, 0.3) is 0 Å². The predicted molar refractivity (Wildman–Crippen MR) is 207 cm³/mol. The zero-order chi connectivity index (χ0) is 33.5. The van der Waals surface area contributed by atoms with E-state index in [4.69, 9.17) is 28.8 Å². The van der Waals surface area contributed by atoms with E-state index in [1.807, 2.05) is 91.0 Å². The molecule has 0 atom stereocenters. The molecule has 0 aliphatic carbocycles. The van der Waals surface area contributed by atoms with Gasteiger partial charge < -0.3 is 8.83 Å².